The lowest BCUT2D eigenvalue weighted by molar-refractivity contribution is 0.0553. The molecule has 2 bridgehead atoms. The van der Waals surface area contributed by atoms with Gasteiger partial charge in [0, 0.05) is 42.7 Å². The van der Waals surface area contributed by atoms with Crippen LogP contribution in [0.15, 0.2) is 60.0 Å². The highest BCUT2D eigenvalue weighted by Gasteiger charge is 2.41. The zero-order valence-electron chi connectivity index (χ0n) is 22.2. The van der Waals surface area contributed by atoms with E-state index in [2.05, 4.69) is 45.9 Å². The summed E-state index contributed by atoms with van der Waals surface area (Å²) in [4.78, 5) is 32.2. The van der Waals surface area contributed by atoms with Crippen molar-refractivity contribution in [2.45, 2.75) is 50.4 Å². The van der Waals surface area contributed by atoms with E-state index in [1.54, 1.807) is 28.6 Å². The van der Waals surface area contributed by atoms with Crippen LogP contribution in [0.25, 0.3) is 16.9 Å². The number of aryl methyl sites for hydroxylation is 1. The normalized spacial score (nSPS) is 24.0. The highest BCUT2D eigenvalue weighted by Crippen LogP contribution is 2.36. The molecule has 0 unspecified atom stereocenters. The number of benzene rings is 1. The van der Waals surface area contributed by atoms with E-state index < -0.39 is 5.60 Å². The van der Waals surface area contributed by atoms with E-state index in [0.717, 1.165) is 30.8 Å². The molecular formula is C29H32N8O2. The highest BCUT2D eigenvalue weighted by molar-refractivity contribution is 5.77. The fourth-order valence-electron chi connectivity index (χ4n) is 6.42. The molecule has 3 atom stereocenters. The van der Waals surface area contributed by atoms with Gasteiger partial charge >= 0.3 is 0 Å². The first kappa shape index (κ1) is 24.1. The number of nitrogens with zero attached hydrogens (tertiary/aromatic N) is 7. The zero-order chi connectivity index (χ0) is 26.9. The molecule has 3 aromatic heterocycles. The highest BCUT2D eigenvalue weighted by atomic mass is 16.3. The van der Waals surface area contributed by atoms with Crippen LogP contribution in [0.4, 0.5) is 17.3 Å². The number of pyridine rings is 1. The molecule has 0 saturated carbocycles. The van der Waals surface area contributed by atoms with Crippen molar-refractivity contribution in [3.8, 4) is 5.82 Å². The molecule has 10 nitrogen and oxygen atoms in total. The van der Waals surface area contributed by atoms with Gasteiger partial charge in [0.25, 0.3) is 5.56 Å². The van der Waals surface area contributed by atoms with Gasteiger partial charge < -0.3 is 15.3 Å². The topological polar surface area (TPSA) is 104 Å². The second-order valence-electron chi connectivity index (χ2n) is 11.2. The Balaban J connectivity index is 1.23. The lowest BCUT2D eigenvalue weighted by atomic mass is 10.0. The predicted molar refractivity (Wildman–Crippen MR) is 151 cm³/mol. The van der Waals surface area contributed by atoms with E-state index in [-0.39, 0.29) is 12.1 Å². The zero-order valence-corrected chi connectivity index (χ0v) is 22.2. The Morgan fingerprint density at radius 3 is 2.69 bits per heavy atom. The van der Waals surface area contributed by atoms with E-state index in [1.807, 2.05) is 24.3 Å². The molecule has 2 fully saturated rings. The largest absolute Gasteiger partial charge is 0.384 e. The van der Waals surface area contributed by atoms with Crippen molar-refractivity contribution in [1.82, 2.24) is 29.2 Å². The quantitative estimate of drug-likeness (QED) is 0.371. The first-order chi connectivity index (χ1) is 18.8. The Bertz CT molecular complexity index is 1650. The molecule has 0 radical (unpaired) electrons. The van der Waals surface area contributed by atoms with Crippen LogP contribution in [-0.4, -0.2) is 66.5 Å². The molecule has 5 heterocycles. The summed E-state index contributed by atoms with van der Waals surface area (Å²) in [6.45, 7) is 8.06. The molecule has 3 aliphatic rings. The van der Waals surface area contributed by atoms with Gasteiger partial charge in [0.1, 0.15) is 11.0 Å². The standard InChI is InChI=1S/C29H32N8O2/c1-4-13-36-27(38)23-15-30-28(31-19-6-8-20(9-7-19)35-17-21-14-22(35)16-34(21)3)33-26(23)37(36)24-10-5-18-11-12-29(2,39)25(18)32-24/h4-10,15,21-22,39H,1,11-14,16-17H2,2-3H3,(H,30,31,33)/t21-,22-,29-/m0/s1. The number of hydrogen-bond acceptors (Lipinski definition) is 8. The van der Waals surface area contributed by atoms with Gasteiger partial charge in [0.15, 0.2) is 11.5 Å². The minimum atomic E-state index is -1.00. The van der Waals surface area contributed by atoms with Crippen LogP contribution < -0.4 is 15.8 Å². The van der Waals surface area contributed by atoms with Gasteiger partial charge in [-0.25, -0.2) is 19.3 Å². The maximum atomic E-state index is 13.3. The number of hydrogen-bond donors (Lipinski definition) is 2. The fraction of sp³-hybridized carbons (Fsp3) is 0.379. The van der Waals surface area contributed by atoms with Crippen LogP contribution in [0.2, 0.25) is 0 Å². The molecule has 4 aromatic rings. The summed E-state index contributed by atoms with van der Waals surface area (Å²) in [5.74, 6) is 0.902. The molecule has 0 amide bonds. The first-order valence-electron chi connectivity index (χ1n) is 13.5. The van der Waals surface area contributed by atoms with Gasteiger partial charge in [-0.3, -0.25) is 9.69 Å². The second kappa shape index (κ2) is 8.75. The minimum Gasteiger partial charge on any atom is -0.384 e. The van der Waals surface area contributed by atoms with Crippen LogP contribution in [-0.2, 0) is 18.6 Å². The van der Waals surface area contributed by atoms with Crippen molar-refractivity contribution in [3.63, 3.8) is 0 Å². The van der Waals surface area contributed by atoms with Crippen molar-refractivity contribution < 1.29 is 5.11 Å². The molecule has 1 aromatic carbocycles. The Hall–Kier alpha value is -4.02. The van der Waals surface area contributed by atoms with E-state index in [0.29, 0.717) is 47.0 Å². The van der Waals surface area contributed by atoms with E-state index in [4.69, 9.17) is 9.97 Å². The number of aliphatic hydroxyl groups is 1. The molecule has 7 rings (SSSR count). The molecule has 2 N–H and O–H groups in total. The lowest BCUT2D eigenvalue weighted by Gasteiger charge is -2.33. The van der Waals surface area contributed by atoms with E-state index in [9.17, 15) is 9.90 Å². The molecule has 10 heteroatoms. The average Bonchev–Trinajstić information content (AvgIpc) is 3.66. The van der Waals surface area contributed by atoms with Gasteiger partial charge in [-0.15, -0.1) is 6.58 Å². The number of nitrogens with one attached hydrogen (secondary N) is 1. The summed E-state index contributed by atoms with van der Waals surface area (Å²) in [5.41, 5.74) is 2.98. The summed E-state index contributed by atoms with van der Waals surface area (Å²) in [6, 6.07) is 13.4. The Morgan fingerprint density at radius 2 is 1.97 bits per heavy atom. The SMILES string of the molecule is C=CCn1c(=O)c2cnc(Nc3ccc(N4C[C@@H]5C[C@H]4CN5C)cc3)nc2n1-c1ccc2c(n1)[C@@](C)(O)CC2. The Labute approximate surface area is 226 Å². The number of likely N-dealkylation sites (N-methyl/N-ethyl adjacent to an activating group) is 1. The van der Waals surface area contributed by atoms with Crippen molar-refractivity contribution >= 4 is 28.4 Å². The minimum absolute atomic E-state index is 0.222. The van der Waals surface area contributed by atoms with Gasteiger partial charge in [0.2, 0.25) is 5.95 Å². The van der Waals surface area contributed by atoms with Crippen molar-refractivity contribution in [2.75, 3.05) is 30.4 Å². The van der Waals surface area contributed by atoms with Crippen molar-refractivity contribution in [2.24, 2.45) is 0 Å². The summed E-state index contributed by atoms with van der Waals surface area (Å²) in [6.07, 6.45) is 5.84. The Morgan fingerprint density at radius 1 is 1.15 bits per heavy atom. The van der Waals surface area contributed by atoms with Crippen LogP contribution >= 0.6 is 0 Å². The molecule has 2 saturated heterocycles. The second-order valence-corrected chi connectivity index (χ2v) is 11.2. The number of piperazine rings is 1. The maximum Gasteiger partial charge on any atom is 0.278 e. The molecule has 0 spiro atoms. The number of fused-ring (bicyclic) bond motifs is 4. The van der Waals surface area contributed by atoms with Gasteiger partial charge in [0.05, 0.1) is 12.2 Å². The average molecular weight is 525 g/mol. The third-order valence-corrected chi connectivity index (χ3v) is 8.52. The number of rotatable bonds is 6. The van der Waals surface area contributed by atoms with E-state index in [1.165, 1.54) is 12.1 Å². The van der Waals surface area contributed by atoms with Crippen molar-refractivity contribution in [3.05, 3.63) is 76.9 Å². The van der Waals surface area contributed by atoms with Crippen LogP contribution in [0, 0.1) is 0 Å². The fourth-order valence-corrected chi connectivity index (χ4v) is 6.42. The van der Waals surface area contributed by atoms with Gasteiger partial charge in [-0.2, -0.15) is 4.98 Å². The van der Waals surface area contributed by atoms with Gasteiger partial charge in [-0.05, 0) is 69.1 Å². The molecule has 39 heavy (non-hydrogen) atoms. The molecule has 200 valence electrons. The smallest absolute Gasteiger partial charge is 0.278 e. The number of allylic oxidation sites excluding steroid dienone is 1. The molecular weight excluding hydrogens is 492 g/mol. The van der Waals surface area contributed by atoms with E-state index >= 15 is 0 Å². The molecule has 2 aliphatic heterocycles. The monoisotopic (exact) mass is 524 g/mol. The third-order valence-electron chi connectivity index (χ3n) is 8.52. The maximum absolute atomic E-state index is 13.3. The Kier molecular flexibility index (Phi) is 5.40. The summed E-state index contributed by atoms with van der Waals surface area (Å²) in [5, 5.41) is 14.5. The van der Waals surface area contributed by atoms with Crippen LogP contribution in [0.3, 0.4) is 0 Å². The summed E-state index contributed by atoms with van der Waals surface area (Å²) < 4.78 is 3.24. The number of likely N-dealkylation sites (tertiary alicyclic amines) is 1. The molecule has 1 aliphatic carbocycles. The number of anilines is 3. The summed E-state index contributed by atoms with van der Waals surface area (Å²) >= 11 is 0. The van der Waals surface area contributed by atoms with Gasteiger partial charge in [-0.1, -0.05) is 12.1 Å². The van der Waals surface area contributed by atoms with Crippen LogP contribution in [0.5, 0.6) is 0 Å². The van der Waals surface area contributed by atoms with Crippen LogP contribution in [0.1, 0.15) is 31.0 Å². The van der Waals surface area contributed by atoms with Crippen molar-refractivity contribution in [1.29, 1.82) is 0 Å². The lowest BCUT2D eigenvalue weighted by Crippen LogP contribution is -2.44. The summed E-state index contributed by atoms with van der Waals surface area (Å²) in [7, 11) is 2.21. The number of aromatic nitrogens is 5. The third kappa shape index (κ3) is 3.85. The first-order valence-corrected chi connectivity index (χ1v) is 13.5. The predicted octanol–water partition coefficient (Wildman–Crippen LogP) is 2.95.